The lowest BCUT2D eigenvalue weighted by Crippen LogP contribution is -2.25. The quantitative estimate of drug-likeness (QED) is 0.526. The fraction of sp³-hybridized carbons (Fsp3) is 0.625. The second kappa shape index (κ2) is 3.40. The van der Waals surface area contributed by atoms with Crippen molar-refractivity contribution < 1.29 is 9.90 Å². The molecular formula is C8H11NO2. The lowest BCUT2D eigenvalue weighted by atomic mass is 10.4. The maximum Gasteiger partial charge on any atom is 0.296 e. The van der Waals surface area contributed by atoms with Crippen molar-refractivity contribution in [1.29, 1.82) is 0 Å². The van der Waals surface area contributed by atoms with Gasteiger partial charge >= 0.3 is 0 Å². The van der Waals surface area contributed by atoms with Gasteiger partial charge in [0.2, 0.25) is 0 Å². The first-order valence-electron chi connectivity index (χ1n) is 3.62. The van der Waals surface area contributed by atoms with Crippen molar-refractivity contribution in [3.63, 3.8) is 0 Å². The van der Waals surface area contributed by atoms with Gasteiger partial charge in [-0.3, -0.25) is 4.79 Å². The molecule has 0 saturated heterocycles. The molecule has 0 spiro atoms. The number of carbonyl (C=O) groups is 1. The van der Waals surface area contributed by atoms with Crippen molar-refractivity contribution >= 4 is 5.91 Å². The molecule has 0 heterocycles. The third-order valence-corrected chi connectivity index (χ3v) is 1.71. The van der Waals surface area contributed by atoms with E-state index < -0.39 is 0 Å². The van der Waals surface area contributed by atoms with Crippen molar-refractivity contribution in [1.82, 2.24) is 5.32 Å². The molecule has 2 N–H and O–H groups in total. The van der Waals surface area contributed by atoms with Crippen LogP contribution in [-0.2, 0) is 4.79 Å². The number of nitrogens with one attached hydrogen (secondary N) is 1. The first kappa shape index (κ1) is 8.09. The summed E-state index contributed by atoms with van der Waals surface area (Å²) in [5.41, 5.74) is 0. The smallest absolute Gasteiger partial charge is 0.296 e. The lowest BCUT2D eigenvalue weighted by Gasteiger charge is -1.95. The van der Waals surface area contributed by atoms with E-state index in [1.807, 2.05) is 0 Å². The number of aliphatic hydroxyl groups is 1. The standard InChI is InChI=1S/C8H11NO2/c1-2-3-8(11)9-7-4-6(7)5-10/h6-7,10H,4-5H2,1H3,(H,9,11). The maximum atomic E-state index is 10.8. The van der Waals surface area contributed by atoms with E-state index in [0.29, 0.717) is 0 Å². The van der Waals surface area contributed by atoms with Gasteiger partial charge in [0.25, 0.3) is 5.91 Å². The van der Waals surface area contributed by atoms with E-state index in [0.717, 1.165) is 6.42 Å². The van der Waals surface area contributed by atoms with E-state index in [4.69, 9.17) is 5.11 Å². The van der Waals surface area contributed by atoms with E-state index in [-0.39, 0.29) is 24.5 Å². The second-order valence-corrected chi connectivity index (χ2v) is 2.63. The highest BCUT2D eigenvalue weighted by atomic mass is 16.3. The van der Waals surface area contributed by atoms with Gasteiger partial charge in [0.15, 0.2) is 0 Å². The zero-order chi connectivity index (χ0) is 8.27. The lowest BCUT2D eigenvalue weighted by molar-refractivity contribution is -0.115. The molecular weight excluding hydrogens is 142 g/mol. The van der Waals surface area contributed by atoms with Gasteiger partial charge in [0, 0.05) is 18.6 Å². The van der Waals surface area contributed by atoms with Crippen LogP contribution in [-0.4, -0.2) is 23.7 Å². The minimum absolute atomic E-state index is 0.157. The second-order valence-electron chi connectivity index (χ2n) is 2.63. The number of aliphatic hydroxyl groups excluding tert-OH is 1. The predicted octanol–water partition coefficient (Wildman–Crippen LogP) is -0.493. The summed E-state index contributed by atoms with van der Waals surface area (Å²) in [4.78, 5) is 10.8. The Kier molecular flexibility index (Phi) is 2.50. The molecule has 0 aliphatic heterocycles. The Morgan fingerprint density at radius 1 is 1.82 bits per heavy atom. The van der Waals surface area contributed by atoms with Gasteiger partial charge in [-0.2, -0.15) is 0 Å². The summed E-state index contributed by atoms with van der Waals surface area (Å²) in [6.07, 6.45) is 0.883. The summed E-state index contributed by atoms with van der Waals surface area (Å²) >= 11 is 0. The normalized spacial score (nSPS) is 26.7. The SMILES string of the molecule is CC#CC(=O)NC1CC1CO. The van der Waals surface area contributed by atoms with E-state index in [9.17, 15) is 4.79 Å². The Bertz CT molecular complexity index is 214. The summed E-state index contributed by atoms with van der Waals surface area (Å²) in [5, 5.41) is 11.3. The molecule has 0 aromatic heterocycles. The zero-order valence-electron chi connectivity index (χ0n) is 6.42. The van der Waals surface area contributed by atoms with Gasteiger partial charge in [0.05, 0.1) is 0 Å². The highest BCUT2D eigenvalue weighted by Gasteiger charge is 2.37. The summed E-state index contributed by atoms with van der Waals surface area (Å²) < 4.78 is 0. The van der Waals surface area contributed by atoms with Crippen molar-refractivity contribution in [2.24, 2.45) is 5.92 Å². The largest absolute Gasteiger partial charge is 0.396 e. The van der Waals surface area contributed by atoms with Crippen molar-refractivity contribution in [2.75, 3.05) is 6.61 Å². The molecule has 1 aliphatic carbocycles. The summed E-state index contributed by atoms with van der Waals surface area (Å²) in [6.45, 7) is 1.78. The van der Waals surface area contributed by atoms with Gasteiger partial charge in [0.1, 0.15) is 0 Å². The predicted molar refractivity (Wildman–Crippen MR) is 40.6 cm³/mol. The summed E-state index contributed by atoms with van der Waals surface area (Å²) in [6, 6.07) is 0.161. The van der Waals surface area contributed by atoms with Crippen LogP contribution in [0.3, 0.4) is 0 Å². The fourth-order valence-electron chi connectivity index (χ4n) is 0.944. The van der Waals surface area contributed by atoms with Crippen molar-refractivity contribution in [3.8, 4) is 11.8 Å². The molecule has 1 fully saturated rings. The van der Waals surface area contributed by atoms with Crippen LogP contribution in [0.2, 0.25) is 0 Å². The maximum absolute atomic E-state index is 10.8. The van der Waals surface area contributed by atoms with Crippen LogP contribution in [0.1, 0.15) is 13.3 Å². The van der Waals surface area contributed by atoms with Crippen LogP contribution in [0.5, 0.6) is 0 Å². The van der Waals surface area contributed by atoms with Crippen LogP contribution >= 0.6 is 0 Å². The average molecular weight is 153 g/mol. The van der Waals surface area contributed by atoms with Crippen LogP contribution in [0, 0.1) is 17.8 Å². The molecule has 0 radical (unpaired) electrons. The number of rotatable bonds is 2. The van der Waals surface area contributed by atoms with Crippen LogP contribution in [0.25, 0.3) is 0 Å². The molecule has 1 rings (SSSR count). The molecule has 1 amide bonds. The number of hydrogen-bond acceptors (Lipinski definition) is 2. The Labute approximate surface area is 65.8 Å². The Hall–Kier alpha value is -1.01. The highest BCUT2D eigenvalue weighted by molar-refractivity contribution is 5.93. The minimum Gasteiger partial charge on any atom is -0.396 e. The van der Waals surface area contributed by atoms with Gasteiger partial charge < -0.3 is 10.4 Å². The zero-order valence-corrected chi connectivity index (χ0v) is 6.42. The summed E-state index contributed by atoms with van der Waals surface area (Å²) in [7, 11) is 0. The molecule has 11 heavy (non-hydrogen) atoms. The topological polar surface area (TPSA) is 49.3 Å². The van der Waals surface area contributed by atoms with Crippen LogP contribution in [0.4, 0.5) is 0 Å². The summed E-state index contributed by atoms with van der Waals surface area (Å²) in [5.74, 6) is 4.91. The van der Waals surface area contributed by atoms with Crippen molar-refractivity contribution in [2.45, 2.75) is 19.4 Å². The first-order chi connectivity index (χ1) is 5.27. The van der Waals surface area contributed by atoms with Gasteiger partial charge in [-0.05, 0) is 19.3 Å². The monoisotopic (exact) mass is 153 g/mol. The fourth-order valence-corrected chi connectivity index (χ4v) is 0.944. The molecule has 3 nitrogen and oxygen atoms in total. The molecule has 0 aromatic rings. The van der Waals surface area contributed by atoms with E-state index in [2.05, 4.69) is 17.2 Å². The van der Waals surface area contributed by atoms with Crippen LogP contribution < -0.4 is 5.32 Å². The van der Waals surface area contributed by atoms with Gasteiger partial charge in [-0.15, -0.1) is 0 Å². The molecule has 2 unspecified atom stereocenters. The van der Waals surface area contributed by atoms with E-state index in [1.54, 1.807) is 6.92 Å². The number of carbonyl (C=O) groups excluding carboxylic acids is 1. The number of hydrogen-bond donors (Lipinski definition) is 2. The highest BCUT2D eigenvalue weighted by Crippen LogP contribution is 2.28. The third kappa shape index (κ3) is 2.24. The van der Waals surface area contributed by atoms with Gasteiger partial charge in [-0.1, -0.05) is 5.92 Å². The minimum atomic E-state index is -0.242. The number of amides is 1. The molecule has 0 bridgehead atoms. The first-order valence-corrected chi connectivity index (χ1v) is 3.62. The van der Waals surface area contributed by atoms with Gasteiger partial charge in [-0.25, -0.2) is 0 Å². The van der Waals surface area contributed by atoms with E-state index >= 15 is 0 Å². The molecule has 1 aliphatic rings. The molecule has 2 atom stereocenters. The molecule has 1 saturated carbocycles. The average Bonchev–Trinajstić information content (AvgIpc) is 2.68. The van der Waals surface area contributed by atoms with E-state index in [1.165, 1.54) is 0 Å². The Morgan fingerprint density at radius 3 is 3.00 bits per heavy atom. The Morgan fingerprint density at radius 2 is 2.55 bits per heavy atom. The third-order valence-electron chi connectivity index (χ3n) is 1.71. The Balaban J connectivity index is 2.21. The molecule has 60 valence electrons. The molecule has 3 heteroatoms. The molecule has 0 aromatic carbocycles. The van der Waals surface area contributed by atoms with Crippen LogP contribution in [0.15, 0.2) is 0 Å². The van der Waals surface area contributed by atoms with Crippen molar-refractivity contribution in [3.05, 3.63) is 0 Å².